The van der Waals surface area contributed by atoms with Crippen LogP contribution >= 0.6 is 0 Å². The second kappa shape index (κ2) is 7.96. The molecule has 2 aliphatic heterocycles. The molecule has 0 aromatic heterocycles. The fourth-order valence-corrected chi connectivity index (χ4v) is 9.99. The van der Waals surface area contributed by atoms with Gasteiger partial charge in [-0.1, -0.05) is 13.8 Å². The lowest BCUT2D eigenvalue weighted by Gasteiger charge is -2.61. The number of morpholine rings is 1. The maximum Gasteiger partial charge on any atom is 0.0751 e. The Morgan fingerprint density at radius 2 is 1.55 bits per heavy atom. The number of ether oxygens (including phenoxy) is 1. The van der Waals surface area contributed by atoms with Gasteiger partial charge >= 0.3 is 0 Å². The topological polar surface area (TPSA) is 35.9 Å². The van der Waals surface area contributed by atoms with Crippen LogP contribution in [0.15, 0.2) is 0 Å². The van der Waals surface area contributed by atoms with Gasteiger partial charge in [-0.05, 0) is 112 Å². The van der Waals surface area contributed by atoms with Crippen LogP contribution in [0.1, 0.15) is 78.1 Å². The molecule has 6 aliphatic rings. The fourth-order valence-electron chi connectivity index (χ4n) is 9.99. The van der Waals surface area contributed by atoms with E-state index in [0.29, 0.717) is 11.5 Å². The van der Waals surface area contributed by atoms with Gasteiger partial charge in [-0.15, -0.1) is 0 Å². The van der Waals surface area contributed by atoms with Crippen molar-refractivity contribution in [3.05, 3.63) is 0 Å². The fraction of sp³-hybridized carbons (Fsp3) is 1.00. The molecule has 2 saturated heterocycles. The SMILES string of the molecule is CC12CC(N3CCOCC3)CCC1CCC1C2CCC2(C)C(O)C(N3CCCC3)CC12. The molecule has 9 unspecified atom stereocenters. The number of nitrogens with zero attached hydrogens (tertiary/aromatic N) is 2. The summed E-state index contributed by atoms with van der Waals surface area (Å²) in [5.41, 5.74) is 0.679. The highest BCUT2D eigenvalue weighted by molar-refractivity contribution is 5.13. The standard InChI is InChI=1S/C27H46N2O2/c1-26-10-9-22-21(23(26)17-24(25(26)30)29-11-3-4-12-29)8-6-19-5-7-20(18-27(19,22)2)28-13-15-31-16-14-28/h19-25,30H,3-18H2,1-2H3. The van der Waals surface area contributed by atoms with Crippen molar-refractivity contribution in [2.45, 2.75) is 96.2 Å². The first-order chi connectivity index (χ1) is 15.0. The summed E-state index contributed by atoms with van der Waals surface area (Å²) in [7, 11) is 0. The molecule has 0 amide bonds. The van der Waals surface area contributed by atoms with Crippen LogP contribution in [0.4, 0.5) is 0 Å². The van der Waals surface area contributed by atoms with E-state index in [-0.39, 0.29) is 11.5 Å². The molecule has 6 rings (SSSR count). The van der Waals surface area contributed by atoms with Crippen molar-refractivity contribution in [3.8, 4) is 0 Å². The molecule has 4 heteroatoms. The van der Waals surface area contributed by atoms with Gasteiger partial charge in [0.1, 0.15) is 0 Å². The molecule has 0 radical (unpaired) electrons. The normalized spacial score (nSPS) is 53.7. The minimum Gasteiger partial charge on any atom is -0.391 e. The van der Waals surface area contributed by atoms with Crippen LogP contribution in [0.3, 0.4) is 0 Å². The first-order valence-electron chi connectivity index (χ1n) is 13.7. The molecular formula is C27H46N2O2. The summed E-state index contributed by atoms with van der Waals surface area (Å²) in [5, 5.41) is 11.5. The van der Waals surface area contributed by atoms with Crippen LogP contribution in [0.2, 0.25) is 0 Å². The number of aliphatic hydroxyl groups is 1. The van der Waals surface area contributed by atoms with E-state index in [2.05, 4.69) is 23.6 Å². The van der Waals surface area contributed by atoms with Crippen molar-refractivity contribution in [2.24, 2.45) is 34.5 Å². The van der Waals surface area contributed by atoms with E-state index in [1.807, 2.05) is 0 Å². The Morgan fingerprint density at radius 1 is 0.806 bits per heavy atom. The zero-order chi connectivity index (χ0) is 21.2. The largest absolute Gasteiger partial charge is 0.391 e. The maximum atomic E-state index is 11.5. The Bertz CT molecular complexity index is 660. The summed E-state index contributed by atoms with van der Waals surface area (Å²) < 4.78 is 5.66. The highest BCUT2D eigenvalue weighted by Gasteiger charge is 2.63. The molecule has 0 aromatic rings. The van der Waals surface area contributed by atoms with Crippen molar-refractivity contribution in [3.63, 3.8) is 0 Å². The highest BCUT2D eigenvalue weighted by atomic mass is 16.5. The summed E-state index contributed by atoms with van der Waals surface area (Å²) in [6.07, 6.45) is 13.6. The second-order valence-electron chi connectivity index (χ2n) is 12.8. The molecule has 0 aromatic carbocycles. The number of fused-ring (bicyclic) bond motifs is 5. The summed E-state index contributed by atoms with van der Waals surface area (Å²) in [6, 6.07) is 1.22. The Labute approximate surface area is 190 Å². The molecule has 176 valence electrons. The van der Waals surface area contributed by atoms with Crippen LogP contribution in [0.5, 0.6) is 0 Å². The molecule has 9 atom stereocenters. The Balaban J connectivity index is 1.23. The molecule has 0 spiro atoms. The van der Waals surface area contributed by atoms with E-state index < -0.39 is 0 Å². The molecule has 0 bridgehead atoms. The van der Waals surface area contributed by atoms with Gasteiger partial charge in [-0.2, -0.15) is 0 Å². The molecule has 2 heterocycles. The lowest BCUT2D eigenvalue weighted by molar-refractivity contribution is -0.136. The van der Waals surface area contributed by atoms with E-state index >= 15 is 0 Å². The number of likely N-dealkylation sites (tertiary alicyclic amines) is 1. The molecular weight excluding hydrogens is 384 g/mol. The first kappa shape index (κ1) is 21.4. The number of hydrogen-bond donors (Lipinski definition) is 1. The maximum absolute atomic E-state index is 11.5. The summed E-state index contributed by atoms with van der Waals surface area (Å²) in [4.78, 5) is 5.43. The van der Waals surface area contributed by atoms with Gasteiger partial charge in [0.15, 0.2) is 0 Å². The van der Waals surface area contributed by atoms with Crippen LogP contribution in [0, 0.1) is 34.5 Å². The summed E-state index contributed by atoms with van der Waals surface area (Å²) >= 11 is 0. The molecule has 6 fully saturated rings. The van der Waals surface area contributed by atoms with Gasteiger partial charge in [0.2, 0.25) is 0 Å². The van der Waals surface area contributed by atoms with Crippen LogP contribution < -0.4 is 0 Å². The van der Waals surface area contributed by atoms with Crippen molar-refractivity contribution in [2.75, 3.05) is 39.4 Å². The average Bonchev–Trinajstić information content (AvgIpc) is 3.40. The van der Waals surface area contributed by atoms with E-state index in [0.717, 1.165) is 56.0 Å². The molecule has 31 heavy (non-hydrogen) atoms. The summed E-state index contributed by atoms with van der Waals surface area (Å²) in [6.45, 7) is 11.8. The first-order valence-corrected chi connectivity index (χ1v) is 13.7. The van der Waals surface area contributed by atoms with Gasteiger partial charge in [0.05, 0.1) is 19.3 Å². The van der Waals surface area contributed by atoms with E-state index in [4.69, 9.17) is 4.74 Å². The van der Waals surface area contributed by atoms with E-state index in [1.165, 1.54) is 77.3 Å². The Kier molecular flexibility index (Phi) is 5.49. The number of rotatable bonds is 2. The smallest absolute Gasteiger partial charge is 0.0751 e. The van der Waals surface area contributed by atoms with Crippen molar-refractivity contribution in [1.29, 1.82) is 0 Å². The minimum atomic E-state index is -0.102. The number of hydrogen-bond acceptors (Lipinski definition) is 4. The number of aliphatic hydroxyl groups excluding tert-OH is 1. The lowest BCUT2D eigenvalue weighted by atomic mass is 9.45. The predicted molar refractivity (Wildman–Crippen MR) is 124 cm³/mol. The van der Waals surface area contributed by atoms with Crippen molar-refractivity contribution in [1.82, 2.24) is 9.80 Å². The Hall–Kier alpha value is -0.160. The predicted octanol–water partition coefficient (Wildman–Crippen LogP) is 4.17. The zero-order valence-electron chi connectivity index (χ0n) is 20.1. The van der Waals surface area contributed by atoms with Gasteiger partial charge in [0, 0.05) is 25.2 Å². The van der Waals surface area contributed by atoms with Crippen LogP contribution in [-0.2, 0) is 4.74 Å². The molecule has 4 aliphatic carbocycles. The third-order valence-electron chi connectivity index (χ3n) is 11.7. The van der Waals surface area contributed by atoms with Crippen molar-refractivity contribution < 1.29 is 9.84 Å². The zero-order valence-corrected chi connectivity index (χ0v) is 20.1. The lowest BCUT2D eigenvalue weighted by Crippen LogP contribution is -2.57. The summed E-state index contributed by atoms with van der Waals surface area (Å²) in [5.74, 6) is 3.42. The van der Waals surface area contributed by atoms with E-state index in [9.17, 15) is 5.11 Å². The molecule has 1 N–H and O–H groups in total. The third kappa shape index (κ3) is 3.29. The van der Waals surface area contributed by atoms with Gasteiger partial charge in [-0.25, -0.2) is 0 Å². The van der Waals surface area contributed by atoms with Crippen LogP contribution in [-0.4, -0.2) is 72.5 Å². The Morgan fingerprint density at radius 3 is 2.32 bits per heavy atom. The van der Waals surface area contributed by atoms with Crippen LogP contribution in [0.25, 0.3) is 0 Å². The average molecular weight is 431 g/mol. The van der Waals surface area contributed by atoms with Gasteiger partial charge in [0.25, 0.3) is 0 Å². The highest BCUT2D eigenvalue weighted by Crippen LogP contribution is 2.66. The molecule has 4 saturated carbocycles. The quantitative estimate of drug-likeness (QED) is 0.713. The van der Waals surface area contributed by atoms with E-state index in [1.54, 1.807) is 0 Å². The van der Waals surface area contributed by atoms with Gasteiger partial charge < -0.3 is 9.84 Å². The second-order valence-corrected chi connectivity index (χ2v) is 12.8. The monoisotopic (exact) mass is 430 g/mol. The molecule has 4 nitrogen and oxygen atoms in total. The minimum absolute atomic E-state index is 0.102. The third-order valence-corrected chi connectivity index (χ3v) is 11.7. The van der Waals surface area contributed by atoms with Gasteiger partial charge in [-0.3, -0.25) is 9.80 Å². The van der Waals surface area contributed by atoms with Crippen molar-refractivity contribution >= 4 is 0 Å².